The van der Waals surface area contributed by atoms with E-state index in [0.29, 0.717) is 17.2 Å². The summed E-state index contributed by atoms with van der Waals surface area (Å²) in [6.45, 7) is 3.88. The van der Waals surface area contributed by atoms with Gasteiger partial charge in [-0.3, -0.25) is 9.59 Å². The summed E-state index contributed by atoms with van der Waals surface area (Å²) in [5, 5.41) is 6.40. The summed E-state index contributed by atoms with van der Waals surface area (Å²) in [5.41, 5.74) is 1.03. The molecule has 1 aromatic heterocycles. The summed E-state index contributed by atoms with van der Waals surface area (Å²) in [5.74, 6) is 0.191. The fourth-order valence-corrected chi connectivity index (χ4v) is 3.06. The second kappa shape index (κ2) is 7.53. The fraction of sp³-hybridized carbons (Fsp3) is 0.368. The van der Waals surface area contributed by atoms with Gasteiger partial charge in [0.25, 0.3) is 11.8 Å². The van der Waals surface area contributed by atoms with Gasteiger partial charge in [-0.15, -0.1) is 0 Å². The lowest BCUT2D eigenvalue weighted by molar-refractivity contribution is 0.0915. The molecule has 0 aliphatic carbocycles. The predicted molar refractivity (Wildman–Crippen MR) is 95.8 cm³/mol. The zero-order valence-electron chi connectivity index (χ0n) is 14.5. The molecule has 1 aromatic carbocycles. The van der Waals surface area contributed by atoms with Gasteiger partial charge in [-0.05, 0) is 43.1 Å². The topological polar surface area (TPSA) is 74.6 Å². The van der Waals surface area contributed by atoms with Crippen LogP contribution in [0.4, 0.5) is 5.69 Å². The lowest BCUT2D eigenvalue weighted by Crippen LogP contribution is -2.50. The lowest BCUT2D eigenvalue weighted by Gasteiger charge is -2.30. The van der Waals surface area contributed by atoms with Crippen LogP contribution in [-0.2, 0) is 0 Å². The molecule has 6 heteroatoms. The van der Waals surface area contributed by atoms with Crippen LogP contribution >= 0.6 is 0 Å². The molecule has 25 heavy (non-hydrogen) atoms. The molecule has 1 fully saturated rings. The average molecular weight is 341 g/mol. The van der Waals surface area contributed by atoms with Crippen molar-refractivity contribution in [2.75, 3.05) is 25.0 Å². The minimum atomic E-state index is -0.294. The highest BCUT2D eigenvalue weighted by Gasteiger charge is 2.26. The number of hydrogen-bond acceptors (Lipinski definition) is 4. The van der Waals surface area contributed by atoms with E-state index >= 15 is 0 Å². The number of carbonyl (C=O) groups is 2. The van der Waals surface area contributed by atoms with E-state index in [-0.39, 0.29) is 23.6 Å². The number of hydrogen-bond donors (Lipinski definition) is 2. The van der Waals surface area contributed by atoms with Crippen LogP contribution < -0.4 is 15.5 Å². The van der Waals surface area contributed by atoms with Crippen molar-refractivity contribution in [1.29, 1.82) is 0 Å². The lowest BCUT2D eigenvalue weighted by atomic mass is 9.94. The molecule has 2 N–H and O–H groups in total. The molecule has 1 saturated heterocycles. The molecule has 0 radical (unpaired) electrons. The Morgan fingerprint density at radius 1 is 1.24 bits per heavy atom. The van der Waals surface area contributed by atoms with Crippen molar-refractivity contribution in [3.63, 3.8) is 0 Å². The van der Waals surface area contributed by atoms with Crippen LogP contribution in [-0.4, -0.2) is 38.0 Å². The van der Waals surface area contributed by atoms with E-state index < -0.39 is 0 Å². The molecule has 6 nitrogen and oxygen atoms in total. The van der Waals surface area contributed by atoms with Crippen molar-refractivity contribution in [2.24, 2.45) is 5.92 Å². The second-order valence-corrected chi connectivity index (χ2v) is 6.41. The summed E-state index contributed by atoms with van der Waals surface area (Å²) in [6.07, 6.45) is 2.49. The highest BCUT2D eigenvalue weighted by molar-refractivity contribution is 6.09. The average Bonchev–Trinajstić information content (AvgIpc) is 3.17. The highest BCUT2D eigenvalue weighted by atomic mass is 16.3. The van der Waals surface area contributed by atoms with Crippen LogP contribution in [0.1, 0.15) is 34.3 Å². The molecule has 2 atom stereocenters. The Kier molecular flexibility index (Phi) is 5.19. The largest absolute Gasteiger partial charge is 0.459 e. The van der Waals surface area contributed by atoms with E-state index in [2.05, 4.69) is 17.6 Å². The van der Waals surface area contributed by atoms with Crippen molar-refractivity contribution in [3.05, 3.63) is 54.0 Å². The first-order valence-electron chi connectivity index (χ1n) is 8.50. The third kappa shape index (κ3) is 3.74. The molecule has 2 aromatic rings. The third-order valence-electron chi connectivity index (χ3n) is 4.69. The molecule has 1 aliphatic heterocycles. The number of furan rings is 1. The van der Waals surface area contributed by atoms with Crippen LogP contribution in [0, 0.1) is 5.92 Å². The van der Waals surface area contributed by atoms with Crippen LogP contribution in [0.3, 0.4) is 0 Å². The number of benzene rings is 1. The van der Waals surface area contributed by atoms with E-state index in [1.165, 1.54) is 11.2 Å². The van der Waals surface area contributed by atoms with Gasteiger partial charge in [-0.25, -0.2) is 0 Å². The first-order chi connectivity index (χ1) is 12.1. The van der Waals surface area contributed by atoms with Gasteiger partial charge in [-0.1, -0.05) is 19.1 Å². The molecule has 0 saturated carbocycles. The number of carbonyl (C=O) groups excluding carboxylic acids is 2. The minimum Gasteiger partial charge on any atom is -0.459 e. The maximum absolute atomic E-state index is 12.8. The van der Waals surface area contributed by atoms with Gasteiger partial charge in [0.15, 0.2) is 5.76 Å². The first kappa shape index (κ1) is 17.2. The van der Waals surface area contributed by atoms with Gasteiger partial charge in [0, 0.05) is 19.6 Å². The molecule has 132 valence electrons. The standard InChI is InChI=1S/C19H23N3O3/c1-13-9-10-20-12-15(13)21-18(23)14-6-3-4-7-16(14)22(2)19(24)17-8-5-11-25-17/h3-8,11,13,15,20H,9-10,12H2,1-2H3,(H,21,23). The number of nitrogens with one attached hydrogen (secondary N) is 2. The molecule has 3 rings (SSSR count). The van der Waals surface area contributed by atoms with E-state index in [1.54, 1.807) is 37.4 Å². The second-order valence-electron chi connectivity index (χ2n) is 6.41. The number of nitrogens with zero attached hydrogens (tertiary/aromatic N) is 1. The Balaban J connectivity index is 1.80. The van der Waals surface area contributed by atoms with Crippen LogP contribution in [0.15, 0.2) is 47.1 Å². The van der Waals surface area contributed by atoms with Crippen molar-refractivity contribution < 1.29 is 14.0 Å². The quantitative estimate of drug-likeness (QED) is 0.895. The smallest absolute Gasteiger partial charge is 0.293 e. The molecule has 2 heterocycles. The van der Waals surface area contributed by atoms with Crippen molar-refractivity contribution in [1.82, 2.24) is 10.6 Å². The Hall–Kier alpha value is -2.60. The van der Waals surface area contributed by atoms with Crippen molar-refractivity contribution in [3.8, 4) is 0 Å². The predicted octanol–water partition coefficient (Wildman–Crippen LogP) is 2.28. The molecule has 2 amide bonds. The molecule has 2 unspecified atom stereocenters. The summed E-state index contributed by atoms with van der Waals surface area (Å²) < 4.78 is 5.17. The molecule has 0 bridgehead atoms. The monoisotopic (exact) mass is 341 g/mol. The summed E-state index contributed by atoms with van der Waals surface area (Å²) in [7, 11) is 1.64. The Labute approximate surface area is 147 Å². The van der Waals surface area contributed by atoms with Crippen molar-refractivity contribution >= 4 is 17.5 Å². The van der Waals surface area contributed by atoms with Gasteiger partial charge >= 0.3 is 0 Å². The van der Waals surface area contributed by atoms with Crippen LogP contribution in [0.2, 0.25) is 0 Å². The Bertz CT molecular complexity index is 742. The number of anilines is 1. The summed E-state index contributed by atoms with van der Waals surface area (Å²) >= 11 is 0. The fourth-order valence-electron chi connectivity index (χ4n) is 3.06. The number of piperidine rings is 1. The highest BCUT2D eigenvalue weighted by Crippen LogP contribution is 2.22. The van der Waals surface area contributed by atoms with Gasteiger partial charge in [0.05, 0.1) is 17.5 Å². The number of amides is 2. The maximum atomic E-state index is 12.8. The summed E-state index contributed by atoms with van der Waals surface area (Å²) in [6, 6.07) is 10.5. The van der Waals surface area contributed by atoms with Gasteiger partial charge < -0.3 is 20.0 Å². The number of para-hydroxylation sites is 1. The molecular weight excluding hydrogens is 318 g/mol. The van der Waals surface area contributed by atoms with Crippen molar-refractivity contribution in [2.45, 2.75) is 19.4 Å². The van der Waals surface area contributed by atoms with Crippen LogP contribution in [0.5, 0.6) is 0 Å². The van der Waals surface area contributed by atoms with Gasteiger partial charge in [0.1, 0.15) is 0 Å². The van der Waals surface area contributed by atoms with Crippen LogP contribution in [0.25, 0.3) is 0 Å². The SMILES string of the molecule is CC1CCNCC1NC(=O)c1ccccc1N(C)C(=O)c1ccco1. The van der Waals surface area contributed by atoms with E-state index in [0.717, 1.165) is 19.5 Å². The zero-order chi connectivity index (χ0) is 17.8. The Morgan fingerprint density at radius 3 is 2.76 bits per heavy atom. The number of rotatable bonds is 4. The first-order valence-corrected chi connectivity index (χ1v) is 8.50. The zero-order valence-corrected chi connectivity index (χ0v) is 14.5. The van der Waals surface area contributed by atoms with E-state index in [9.17, 15) is 9.59 Å². The molecular formula is C19H23N3O3. The summed E-state index contributed by atoms with van der Waals surface area (Å²) in [4.78, 5) is 26.7. The molecule has 1 aliphatic rings. The van der Waals surface area contributed by atoms with Gasteiger partial charge in [-0.2, -0.15) is 0 Å². The molecule has 0 spiro atoms. The normalized spacial score (nSPS) is 20.1. The third-order valence-corrected chi connectivity index (χ3v) is 4.69. The van der Waals surface area contributed by atoms with E-state index in [4.69, 9.17) is 4.42 Å². The van der Waals surface area contributed by atoms with Gasteiger partial charge in [0.2, 0.25) is 0 Å². The maximum Gasteiger partial charge on any atom is 0.293 e. The van der Waals surface area contributed by atoms with E-state index in [1.807, 2.05) is 6.07 Å². The minimum absolute atomic E-state index is 0.0837. The Morgan fingerprint density at radius 2 is 2.04 bits per heavy atom.